The van der Waals surface area contributed by atoms with E-state index in [0.29, 0.717) is 50.7 Å². The average molecular weight is 412 g/mol. The van der Waals surface area contributed by atoms with Crippen LogP contribution in [0.3, 0.4) is 0 Å². The third-order valence-electron chi connectivity index (χ3n) is 4.06. The van der Waals surface area contributed by atoms with Gasteiger partial charge in [-0.3, -0.25) is 9.36 Å². The Kier molecular flexibility index (Phi) is 4.69. The molecule has 0 saturated carbocycles. The number of ether oxygens (including phenoxy) is 2. The second-order valence-corrected chi connectivity index (χ2v) is 7.17. The quantitative estimate of drug-likeness (QED) is 0.620. The second-order valence-electron chi connectivity index (χ2n) is 5.92. The molecule has 2 aromatic carbocycles. The van der Waals surface area contributed by atoms with Gasteiger partial charge in [0.1, 0.15) is 0 Å². The molecule has 134 valence electrons. The number of hydrogen-bond acceptors (Lipinski definition) is 4. The molecule has 26 heavy (non-hydrogen) atoms. The van der Waals surface area contributed by atoms with Crippen molar-refractivity contribution in [2.45, 2.75) is 13.0 Å². The van der Waals surface area contributed by atoms with Crippen molar-refractivity contribution < 1.29 is 9.47 Å². The molecule has 3 aromatic rings. The predicted molar refractivity (Wildman–Crippen MR) is 102 cm³/mol. The maximum Gasteiger partial charge on any atom is 0.261 e. The van der Waals surface area contributed by atoms with E-state index in [9.17, 15) is 4.79 Å². The number of rotatable bonds is 2. The summed E-state index contributed by atoms with van der Waals surface area (Å²) in [6, 6.07) is 6.71. The van der Waals surface area contributed by atoms with Crippen LogP contribution in [-0.4, -0.2) is 22.8 Å². The Morgan fingerprint density at radius 3 is 2.69 bits per heavy atom. The molecule has 8 heteroatoms. The highest BCUT2D eigenvalue weighted by Crippen LogP contribution is 2.38. The topological polar surface area (TPSA) is 53.4 Å². The molecule has 0 aliphatic carbocycles. The molecule has 1 aromatic heterocycles. The number of nitrogens with zero attached hydrogens (tertiary/aromatic N) is 2. The maximum atomic E-state index is 12.8. The van der Waals surface area contributed by atoms with Crippen LogP contribution in [0.5, 0.6) is 11.5 Å². The summed E-state index contributed by atoms with van der Waals surface area (Å²) in [5.74, 6) is 1.12. The normalized spacial score (nSPS) is 13.7. The molecule has 4 rings (SSSR count). The van der Waals surface area contributed by atoms with Gasteiger partial charge < -0.3 is 9.47 Å². The van der Waals surface area contributed by atoms with Crippen molar-refractivity contribution in [3.63, 3.8) is 0 Å². The van der Waals surface area contributed by atoms with Crippen molar-refractivity contribution in [3.05, 3.63) is 61.6 Å². The molecule has 2 heterocycles. The highest BCUT2D eigenvalue weighted by atomic mass is 35.5. The summed E-state index contributed by atoms with van der Waals surface area (Å²) in [7, 11) is 0. The first-order valence-corrected chi connectivity index (χ1v) is 9.08. The highest BCUT2D eigenvalue weighted by molar-refractivity contribution is 6.38. The Labute approximate surface area is 164 Å². The summed E-state index contributed by atoms with van der Waals surface area (Å²) in [6.45, 7) is 1.39. The van der Waals surface area contributed by atoms with Crippen LogP contribution in [0.25, 0.3) is 10.9 Å². The van der Waals surface area contributed by atoms with Gasteiger partial charge in [0.2, 0.25) is 0 Å². The van der Waals surface area contributed by atoms with E-state index in [0.717, 1.165) is 12.0 Å². The zero-order chi connectivity index (χ0) is 18.3. The largest absolute Gasteiger partial charge is 0.489 e. The van der Waals surface area contributed by atoms with Gasteiger partial charge in [-0.05, 0) is 29.8 Å². The van der Waals surface area contributed by atoms with Crippen molar-refractivity contribution in [2.75, 3.05) is 13.2 Å². The lowest BCUT2D eigenvalue weighted by atomic mass is 10.2. The molecular formula is C18H13Cl3N2O3. The van der Waals surface area contributed by atoms with E-state index in [2.05, 4.69) is 4.98 Å². The van der Waals surface area contributed by atoms with Crippen molar-refractivity contribution in [1.29, 1.82) is 0 Å². The zero-order valence-electron chi connectivity index (χ0n) is 13.5. The Morgan fingerprint density at radius 1 is 1.04 bits per heavy atom. The first-order chi connectivity index (χ1) is 12.5. The van der Waals surface area contributed by atoms with Gasteiger partial charge in [0.15, 0.2) is 11.5 Å². The Balaban J connectivity index is 1.76. The molecule has 0 unspecified atom stereocenters. The van der Waals surface area contributed by atoms with Gasteiger partial charge in [-0.2, -0.15) is 0 Å². The number of benzene rings is 2. The number of hydrogen-bond donors (Lipinski definition) is 0. The standard InChI is InChI=1S/C18H13Cl3N2O3/c19-11-6-12-16(13(20)7-11)22-9-23(18(12)24)8-10-4-14(21)17-15(5-10)25-2-1-3-26-17/h4-7,9H,1-3,8H2. The summed E-state index contributed by atoms with van der Waals surface area (Å²) in [5.41, 5.74) is 0.993. The van der Waals surface area contributed by atoms with Gasteiger partial charge in [0.25, 0.3) is 5.56 Å². The second kappa shape index (κ2) is 6.99. The summed E-state index contributed by atoms with van der Waals surface area (Å²) in [4.78, 5) is 17.1. The molecule has 5 nitrogen and oxygen atoms in total. The molecule has 0 spiro atoms. The Morgan fingerprint density at radius 2 is 1.85 bits per heavy atom. The summed E-state index contributed by atoms with van der Waals surface area (Å²) >= 11 is 18.5. The molecule has 0 amide bonds. The van der Waals surface area contributed by atoms with Crippen LogP contribution in [0.15, 0.2) is 35.4 Å². The Bertz CT molecular complexity index is 1070. The first-order valence-electron chi connectivity index (χ1n) is 7.95. The third kappa shape index (κ3) is 3.22. The summed E-state index contributed by atoms with van der Waals surface area (Å²) in [6.07, 6.45) is 2.25. The van der Waals surface area contributed by atoms with Crippen molar-refractivity contribution >= 4 is 45.7 Å². The lowest BCUT2D eigenvalue weighted by Crippen LogP contribution is -2.21. The van der Waals surface area contributed by atoms with Crippen LogP contribution in [0.2, 0.25) is 15.1 Å². The first kappa shape index (κ1) is 17.5. The van der Waals surface area contributed by atoms with Gasteiger partial charge in [-0.15, -0.1) is 0 Å². The summed E-state index contributed by atoms with van der Waals surface area (Å²) in [5, 5.41) is 1.55. The smallest absolute Gasteiger partial charge is 0.261 e. The van der Waals surface area contributed by atoms with E-state index in [4.69, 9.17) is 44.3 Å². The fraction of sp³-hybridized carbons (Fsp3) is 0.222. The minimum Gasteiger partial charge on any atom is -0.489 e. The molecule has 0 N–H and O–H groups in total. The average Bonchev–Trinajstić information content (AvgIpc) is 2.83. The molecule has 1 aliphatic heterocycles. The van der Waals surface area contributed by atoms with Crippen LogP contribution in [-0.2, 0) is 6.54 Å². The van der Waals surface area contributed by atoms with E-state index >= 15 is 0 Å². The van der Waals surface area contributed by atoms with Crippen LogP contribution in [0, 0.1) is 0 Å². The Hall–Kier alpha value is -1.95. The molecule has 1 aliphatic rings. The molecule has 0 fully saturated rings. The van der Waals surface area contributed by atoms with Gasteiger partial charge in [0.05, 0.1) is 47.0 Å². The zero-order valence-corrected chi connectivity index (χ0v) is 15.7. The number of halogens is 3. The fourth-order valence-corrected chi connectivity index (χ4v) is 3.71. The lowest BCUT2D eigenvalue weighted by molar-refractivity contribution is 0.297. The maximum absolute atomic E-state index is 12.8. The van der Waals surface area contributed by atoms with Crippen LogP contribution < -0.4 is 15.0 Å². The minimum atomic E-state index is -0.234. The van der Waals surface area contributed by atoms with E-state index in [-0.39, 0.29) is 12.1 Å². The van der Waals surface area contributed by atoms with Crippen LogP contribution >= 0.6 is 34.8 Å². The van der Waals surface area contributed by atoms with Crippen LogP contribution in [0.4, 0.5) is 0 Å². The number of aromatic nitrogens is 2. The van der Waals surface area contributed by atoms with Gasteiger partial charge in [-0.25, -0.2) is 4.98 Å². The monoisotopic (exact) mass is 410 g/mol. The minimum absolute atomic E-state index is 0.234. The lowest BCUT2D eigenvalue weighted by Gasteiger charge is -2.13. The van der Waals surface area contributed by atoms with Crippen molar-refractivity contribution in [3.8, 4) is 11.5 Å². The fourth-order valence-electron chi connectivity index (χ4n) is 2.88. The van der Waals surface area contributed by atoms with Gasteiger partial charge >= 0.3 is 0 Å². The number of fused-ring (bicyclic) bond motifs is 2. The van der Waals surface area contributed by atoms with Gasteiger partial charge in [0, 0.05) is 11.4 Å². The molecule has 0 saturated heterocycles. The van der Waals surface area contributed by atoms with Crippen molar-refractivity contribution in [1.82, 2.24) is 9.55 Å². The summed E-state index contributed by atoms with van der Waals surface area (Å²) < 4.78 is 12.8. The van der Waals surface area contributed by atoms with Crippen LogP contribution in [0.1, 0.15) is 12.0 Å². The van der Waals surface area contributed by atoms with E-state index in [1.54, 1.807) is 18.2 Å². The third-order valence-corrected chi connectivity index (χ3v) is 4.85. The van der Waals surface area contributed by atoms with E-state index < -0.39 is 0 Å². The SMILES string of the molecule is O=c1c2cc(Cl)cc(Cl)c2ncn1Cc1cc(Cl)c2c(c1)OCCCO2. The molecule has 0 radical (unpaired) electrons. The van der Waals surface area contributed by atoms with Gasteiger partial charge in [-0.1, -0.05) is 34.8 Å². The van der Waals surface area contributed by atoms with E-state index in [1.807, 2.05) is 6.07 Å². The molecule has 0 bridgehead atoms. The predicted octanol–water partition coefficient (Wildman–Crippen LogP) is 4.57. The van der Waals surface area contributed by atoms with E-state index in [1.165, 1.54) is 10.9 Å². The molecule has 0 atom stereocenters. The molecular weight excluding hydrogens is 399 g/mol. The van der Waals surface area contributed by atoms with Crippen molar-refractivity contribution in [2.24, 2.45) is 0 Å². The highest BCUT2D eigenvalue weighted by Gasteiger charge is 2.16.